The molecule has 0 spiro atoms. The number of aliphatic hydroxyl groups is 3. The van der Waals surface area contributed by atoms with Crippen molar-refractivity contribution in [3.8, 4) is 0 Å². The summed E-state index contributed by atoms with van der Waals surface area (Å²) in [7, 11) is 0. The topological polar surface area (TPSA) is 89.8 Å². The third-order valence-electron chi connectivity index (χ3n) is 12.3. The van der Waals surface area contributed by atoms with Gasteiger partial charge in [-0.15, -0.1) is 0 Å². The summed E-state index contributed by atoms with van der Waals surface area (Å²) in [4.78, 5) is 12.5. The molecular formula is C53H103NO4. The van der Waals surface area contributed by atoms with Gasteiger partial charge in [-0.1, -0.05) is 263 Å². The fourth-order valence-electron chi connectivity index (χ4n) is 8.18. The minimum atomic E-state index is -1.10. The van der Waals surface area contributed by atoms with E-state index in [1.807, 2.05) is 6.08 Å². The first kappa shape index (κ1) is 56.8. The zero-order chi connectivity index (χ0) is 42.3. The minimum absolute atomic E-state index is 0.363. The van der Waals surface area contributed by atoms with Gasteiger partial charge in [-0.3, -0.25) is 4.79 Å². The van der Waals surface area contributed by atoms with E-state index < -0.39 is 24.2 Å². The highest BCUT2D eigenvalue weighted by Gasteiger charge is 2.22. The van der Waals surface area contributed by atoms with Crippen molar-refractivity contribution < 1.29 is 20.1 Å². The van der Waals surface area contributed by atoms with Crippen LogP contribution in [0.25, 0.3) is 0 Å². The van der Waals surface area contributed by atoms with Gasteiger partial charge in [0.05, 0.1) is 18.8 Å². The molecule has 58 heavy (non-hydrogen) atoms. The van der Waals surface area contributed by atoms with Crippen molar-refractivity contribution in [1.29, 1.82) is 0 Å². The first-order valence-corrected chi connectivity index (χ1v) is 26.2. The molecular weight excluding hydrogens is 715 g/mol. The van der Waals surface area contributed by atoms with E-state index >= 15 is 0 Å². The lowest BCUT2D eigenvalue weighted by molar-refractivity contribution is -0.131. The Balaban J connectivity index is 3.59. The normalized spacial score (nSPS) is 13.5. The SMILES string of the molecule is CCCCCCCCCCC/C=C\CCCCCCCCC(O)C(=O)NC(CO)C(O)/C=C/CCCCCCCCCCCCCCCCCCCCCCCCC. The van der Waals surface area contributed by atoms with Crippen molar-refractivity contribution in [3.05, 3.63) is 24.3 Å². The van der Waals surface area contributed by atoms with Crippen molar-refractivity contribution in [2.24, 2.45) is 0 Å². The van der Waals surface area contributed by atoms with Gasteiger partial charge in [0, 0.05) is 0 Å². The number of carbonyl (C=O) groups is 1. The molecule has 0 aromatic rings. The van der Waals surface area contributed by atoms with Crippen LogP contribution < -0.4 is 5.32 Å². The second-order valence-corrected chi connectivity index (χ2v) is 18.1. The molecule has 0 bridgehead atoms. The maximum absolute atomic E-state index is 12.5. The number of hydrogen-bond donors (Lipinski definition) is 4. The lowest BCUT2D eigenvalue weighted by atomic mass is 10.0. The first-order valence-electron chi connectivity index (χ1n) is 26.2. The van der Waals surface area contributed by atoms with E-state index in [4.69, 9.17) is 0 Å². The van der Waals surface area contributed by atoms with Gasteiger partial charge < -0.3 is 20.6 Å². The third-order valence-corrected chi connectivity index (χ3v) is 12.3. The van der Waals surface area contributed by atoms with Crippen molar-refractivity contribution in [3.63, 3.8) is 0 Å². The van der Waals surface area contributed by atoms with Crippen molar-refractivity contribution in [1.82, 2.24) is 5.32 Å². The average molecular weight is 818 g/mol. The van der Waals surface area contributed by atoms with Gasteiger partial charge in [-0.25, -0.2) is 0 Å². The van der Waals surface area contributed by atoms with Crippen LogP contribution in [0.3, 0.4) is 0 Å². The van der Waals surface area contributed by atoms with E-state index in [1.165, 1.54) is 231 Å². The first-order chi connectivity index (χ1) is 28.6. The van der Waals surface area contributed by atoms with Gasteiger partial charge in [-0.05, 0) is 44.9 Å². The molecule has 0 rings (SSSR count). The summed E-state index contributed by atoms with van der Waals surface area (Å²) < 4.78 is 0. The summed E-state index contributed by atoms with van der Waals surface area (Å²) in [5, 5.41) is 33.3. The maximum atomic E-state index is 12.5. The molecule has 0 heterocycles. The molecule has 0 saturated heterocycles. The third kappa shape index (κ3) is 42.9. The van der Waals surface area contributed by atoms with Crippen LogP contribution in [0, 0.1) is 0 Å². The maximum Gasteiger partial charge on any atom is 0.249 e. The Morgan fingerprint density at radius 1 is 0.414 bits per heavy atom. The Kier molecular flexibility index (Phi) is 47.5. The van der Waals surface area contributed by atoms with Crippen LogP contribution in [0.4, 0.5) is 0 Å². The molecule has 5 nitrogen and oxygen atoms in total. The molecule has 0 aromatic carbocycles. The van der Waals surface area contributed by atoms with Gasteiger partial charge in [0.1, 0.15) is 6.10 Å². The molecule has 0 saturated carbocycles. The average Bonchev–Trinajstić information content (AvgIpc) is 3.23. The Labute approximate surface area is 362 Å². The summed E-state index contributed by atoms with van der Waals surface area (Å²) in [5.41, 5.74) is 0. The van der Waals surface area contributed by atoms with Crippen LogP contribution in [-0.4, -0.2) is 46.1 Å². The Bertz CT molecular complexity index is 859. The van der Waals surface area contributed by atoms with Crippen LogP contribution in [0.5, 0.6) is 0 Å². The number of allylic oxidation sites excluding steroid dienone is 3. The number of hydrogen-bond acceptors (Lipinski definition) is 4. The zero-order valence-corrected chi connectivity index (χ0v) is 39.2. The summed E-state index contributed by atoms with van der Waals surface area (Å²) in [6.45, 7) is 4.21. The molecule has 1 amide bonds. The van der Waals surface area contributed by atoms with E-state index in [0.29, 0.717) is 6.42 Å². The lowest BCUT2D eigenvalue weighted by Gasteiger charge is -2.21. The van der Waals surface area contributed by atoms with Crippen LogP contribution in [0.15, 0.2) is 24.3 Å². The minimum Gasteiger partial charge on any atom is -0.394 e. The highest BCUT2D eigenvalue weighted by Crippen LogP contribution is 2.17. The van der Waals surface area contributed by atoms with Crippen LogP contribution in [0.2, 0.25) is 0 Å². The van der Waals surface area contributed by atoms with Crippen LogP contribution >= 0.6 is 0 Å². The molecule has 3 atom stereocenters. The second kappa shape index (κ2) is 48.5. The molecule has 0 radical (unpaired) electrons. The fraction of sp³-hybridized carbons (Fsp3) is 0.906. The van der Waals surface area contributed by atoms with Gasteiger partial charge in [-0.2, -0.15) is 0 Å². The molecule has 0 fully saturated rings. The highest BCUT2D eigenvalue weighted by molar-refractivity contribution is 5.80. The van der Waals surface area contributed by atoms with Gasteiger partial charge >= 0.3 is 0 Å². The van der Waals surface area contributed by atoms with E-state index in [1.54, 1.807) is 6.08 Å². The van der Waals surface area contributed by atoms with Crippen LogP contribution in [0.1, 0.15) is 284 Å². The van der Waals surface area contributed by atoms with Crippen molar-refractivity contribution in [2.75, 3.05) is 6.61 Å². The smallest absolute Gasteiger partial charge is 0.249 e. The molecule has 0 aliphatic heterocycles. The van der Waals surface area contributed by atoms with Crippen molar-refractivity contribution >= 4 is 5.91 Å². The number of nitrogens with one attached hydrogen (secondary N) is 1. The lowest BCUT2D eigenvalue weighted by Crippen LogP contribution is -2.48. The van der Waals surface area contributed by atoms with Crippen molar-refractivity contribution in [2.45, 2.75) is 302 Å². The molecule has 0 aliphatic carbocycles. The van der Waals surface area contributed by atoms with Crippen LogP contribution in [-0.2, 0) is 4.79 Å². The number of unbranched alkanes of at least 4 members (excludes halogenated alkanes) is 38. The highest BCUT2D eigenvalue weighted by atomic mass is 16.3. The molecule has 0 aromatic heterocycles. The second-order valence-electron chi connectivity index (χ2n) is 18.1. The Morgan fingerprint density at radius 3 is 1.00 bits per heavy atom. The van der Waals surface area contributed by atoms with Gasteiger partial charge in [0.25, 0.3) is 0 Å². The zero-order valence-electron chi connectivity index (χ0n) is 39.2. The Morgan fingerprint density at radius 2 is 0.690 bits per heavy atom. The quantitative estimate of drug-likeness (QED) is 0.0364. The number of rotatable bonds is 48. The van der Waals surface area contributed by atoms with Gasteiger partial charge in [0.2, 0.25) is 5.91 Å². The van der Waals surface area contributed by atoms with E-state index in [2.05, 4.69) is 31.3 Å². The molecule has 4 N–H and O–H groups in total. The Hall–Kier alpha value is -1.17. The predicted molar refractivity (Wildman–Crippen MR) is 255 cm³/mol. The standard InChI is InChI=1S/C53H103NO4/c1-3-5-7-9-11-13-15-17-19-21-23-24-25-26-27-28-30-31-33-35-37-39-41-43-45-47-51(56)50(49-55)54-53(58)52(57)48-46-44-42-40-38-36-34-32-29-22-20-18-16-14-12-10-8-6-4-2/h29,32,45,47,50-52,55-57H,3-28,30-31,33-44,46,48-49H2,1-2H3,(H,54,58)/b32-29-,47-45+. The molecule has 5 heteroatoms. The molecule has 3 unspecified atom stereocenters. The summed E-state index contributed by atoms with van der Waals surface area (Å²) in [6.07, 6.45) is 60.9. The monoisotopic (exact) mass is 818 g/mol. The predicted octanol–water partition coefficient (Wildman–Crippen LogP) is 15.7. The summed E-state index contributed by atoms with van der Waals surface area (Å²) in [5.74, 6) is -0.504. The number of carbonyl (C=O) groups excluding carboxylic acids is 1. The van der Waals surface area contributed by atoms with E-state index in [-0.39, 0.29) is 6.61 Å². The molecule has 0 aliphatic rings. The largest absolute Gasteiger partial charge is 0.394 e. The van der Waals surface area contributed by atoms with E-state index in [9.17, 15) is 20.1 Å². The van der Waals surface area contributed by atoms with Gasteiger partial charge in [0.15, 0.2) is 0 Å². The number of aliphatic hydroxyl groups excluding tert-OH is 3. The summed E-state index contributed by atoms with van der Waals surface area (Å²) in [6, 6.07) is -0.799. The molecule has 344 valence electrons. The number of amides is 1. The summed E-state index contributed by atoms with van der Waals surface area (Å²) >= 11 is 0. The fourth-order valence-corrected chi connectivity index (χ4v) is 8.18. The van der Waals surface area contributed by atoms with E-state index in [0.717, 1.165) is 32.1 Å².